The number of amides is 1. The largest absolute Gasteiger partial charge is 0.377 e. The lowest BCUT2D eigenvalue weighted by Crippen LogP contribution is -2.42. The summed E-state index contributed by atoms with van der Waals surface area (Å²) in [4.78, 5) is 31.0. The van der Waals surface area contributed by atoms with E-state index >= 15 is 0 Å². The van der Waals surface area contributed by atoms with Crippen LogP contribution in [0.1, 0.15) is 41.7 Å². The van der Waals surface area contributed by atoms with Gasteiger partial charge in [-0.15, -0.1) is 0 Å². The number of carbonyl (C=O) groups is 2. The first-order valence-corrected chi connectivity index (χ1v) is 9.59. The van der Waals surface area contributed by atoms with Gasteiger partial charge in [0.1, 0.15) is 5.69 Å². The summed E-state index contributed by atoms with van der Waals surface area (Å²) >= 11 is 0. The third-order valence-corrected chi connectivity index (χ3v) is 4.85. The number of carbonyl (C=O) groups excluding carboxylic acids is 2. The molecule has 1 saturated heterocycles. The molecule has 27 heavy (non-hydrogen) atoms. The normalized spacial score (nSPS) is 16.9. The predicted molar refractivity (Wildman–Crippen MR) is 103 cm³/mol. The smallest absolute Gasteiger partial charge is 0.222 e. The van der Waals surface area contributed by atoms with E-state index in [1.54, 1.807) is 18.3 Å². The summed E-state index contributed by atoms with van der Waals surface area (Å²) in [5.41, 5.74) is 1.63. The van der Waals surface area contributed by atoms with E-state index in [0.29, 0.717) is 38.3 Å². The molecule has 1 fully saturated rings. The van der Waals surface area contributed by atoms with Crippen LogP contribution in [0, 0.1) is 5.92 Å². The molecule has 0 spiro atoms. The molecule has 1 aliphatic rings. The van der Waals surface area contributed by atoms with Crippen molar-refractivity contribution >= 4 is 11.7 Å². The molecule has 142 valence electrons. The molecule has 1 atom stereocenters. The molecule has 1 aromatic carbocycles. The Balaban J connectivity index is 1.40. The fraction of sp³-hybridized carbons (Fsp3) is 0.409. The number of aromatic nitrogens is 1. The van der Waals surface area contributed by atoms with Gasteiger partial charge in [-0.25, -0.2) is 0 Å². The van der Waals surface area contributed by atoms with Gasteiger partial charge in [-0.1, -0.05) is 36.4 Å². The maximum Gasteiger partial charge on any atom is 0.222 e. The zero-order valence-electron chi connectivity index (χ0n) is 15.5. The highest BCUT2D eigenvalue weighted by atomic mass is 16.5. The van der Waals surface area contributed by atoms with E-state index in [1.165, 1.54) is 0 Å². The molecule has 0 aliphatic carbocycles. The molecule has 1 aliphatic heterocycles. The number of likely N-dealkylation sites (tertiary alicyclic amines) is 1. The van der Waals surface area contributed by atoms with Crippen LogP contribution in [0.2, 0.25) is 0 Å². The zero-order chi connectivity index (χ0) is 18.9. The summed E-state index contributed by atoms with van der Waals surface area (Å²) < 4.78 is 5.64. The topological polar surface area (TPSA) is 59.5 Å². The van der Waals surface area contributed by atoms with Crippen molar-refractivity contribution in [2.45, 2.75) is 32.3 Å². The Kier molecular flexibility index (Phi) is 7.11. The molecule has 0 bridgehead atoms. The summed E-state index contributed by atoms with van der Waals surface area (Å²) in [6.07, 6.45) is 4.47. The summed E-state index contributed by atoms with van der Waals surface area (Å²) in [6.45, 7) is 2.36. The van der Waals surface area contributed by atoms with E-state index in [2.05, 4.69) is 4.98 Å². The number of Topliss-reactive ketones (excluding diaryl/α,β-unsaturated/α-hetero) is 1. The average molecular weight is 366 g/mol. The SMILES string of the molecule is O=C(c1ccccn1)C1CCCN(C(=O)CCCOCc2ccccc2)C1. The number of pyridine rings is 1. The molecule has 3 rings (SSSR count). The van der Waals surface area contributed by atoms with Crippen molar-refractivity contribution in [2.75, 3.05) is 19.7 Å². The fourth-order valence-electron chi connectivity index (χ4n) is 3.38. The van der Waals surface area contributed by atoms with Gasteiger partial charge in [0, 0.05) is 38.2 Å². The maximum absolute atomic E-state index is 12.6. The van der Waals surface area contributed by atoms with Crippen molar-refractivity contribution in [2.24, 2.45) is 5.92 Å². The second-order valence-electron chi connectivity index (χ2n) is 6.90. The van der Waals surface area contributed by atoms with Crippen LogP contribution in [0.15, 0.2) is 54.7 Å². The van der Waals surface area contributed by atoms with Crippen molar-refractivity contribution in [1.82, 2.24) is 9.88 Å². The Morgan fingerprint density at radius 3 is 2.70 bits per heavy atom. The lowest BCUT2D eigenvalue weighted by Gasteiger charge is -2.32. The molecule has 5 heteroatoms. The molecule has 2 heterocycles. The highest BCUT2D eigenvalue weighted by Crippen LogP contribution is 2.21. The van der Waals surface area contributed by atoms with E-state index < -0.39 is 0 Å². The van der Waals surface area contributed by atoms with E-state index in [4.69, 9.17) is 4.74 Å². The number of piperidine rings is 1. The van der Waals surface area contributed by atoms with Gasteiger partial charge in [-0.3, -0.25) is 14.6 Å². The van der Waals surface area contributed by atoms with Crippen molar-refractivity contribution in [3.05, 3.63) is 66.0 Å². The highest BCUT2D eigenvalue weighted by molar-refractivity contribution is 5.96. The Morgan fingerprint density at radius 2 is 1.93 bits per heavy atom. The van der Waals surface area contributed by atoms with Crippen molar-refractivity contribution in [1.29, 1.82) is 0 Å². The number of rotatable bonds is 8. The summed E-state index contributed by atoms with van der Waals surface area (Å²) in [5.74, 6) is 0.00283. The third-order valence-electron chi connectivity index (χ3n) is 4.85. The molecule has 1 unspecified atom stereocenters. The van der Waals surface area contributed by atoms with Crippen LogP contribution in [0.4, 0.5) is 0 Å². The van der Waals surface area contributed by atoms with Crippen molar-refractivity contribution in [3.8, 4) is 0 Å². The monoisotopic (exact) mass is 366 g/mol. The number of ketones is 1. The average Bonchev–Trinajstić information content (AvgIpc) is 2.74. The lowest BCUT2D eigenvalue weighted by molar-refractivity contribution is -0.133. The van der Waals surface area contributed by atoms with Gasteiger partial charge in [-0.2, -0.15) is 0 Å². The van der Waals surface area contributed by atoms with Crippen LogP contribution in [0.5, 0.6) is 0 Å². The Labute approximate surface area is 160 Å². The van der Waals surface area contributed by atoms with Gasteiger partial charge < -0.3 is 9.64 Å². The number of nitrogens with zero attached hydrogens (tertiary/aromatic N) is 2. The number of hydrogen-bond donors (Lipinski definition) is 0. The van der Waals surface area contributed by atoms with Gasteiger partial charge in [0.2, 0.25) is 5.91 Å². The standard InChI is InChI=1S/C22H26N2O3/c25-21(12-7-15-27-17-18-8-2-1-3-9-18)24-14-6-10-19(16-24)22(26)20-11-4-5-13-23-20/h1-5,8-9,11,13,19H,6-7,10,12,14-17H2. The third kappa shape index (κ3) is 5.73. The highest BCUT2D eigenvalue weighted by Gasteiger charge is 2.29. The molecule has 0 saturated carbocycles. The minimum atomic E-state index is -0.146. The molecule has 0 radical (unpaired) electrons. The zero-order valence-corrected chi connectivity index (χ0v) is 15.5. The van der Waals surface area contributed by atoms with Crippen LogP contribution < -0.4 is 0 Å². The molecule has 5 nitrogen and oxygen atoms in total. The first kappa shape index (κ1) is 19.2. The molecule has 0 N–H and O–H groups in total. The van der Waals surface area contributed by atoms with E-state index in [0.717, 1.165) is 24.9 Å². The number of benzene rings is 1. The van der Waals surface area contributed by atoms with Crippen LogP contribution >= 0.6 is 0 Å². The van der Waals surface area contributed by atoms with Crippen molar-refractivity contribution in [3.63, 3.8) is 0 Å². The van der Waals surface area contributed by atoms with E-state index in [-0.39, 0.29) is 17.6 Å². The summed E-state index contributed by atoms with van der Waals surface area (Å²) in [5, 5.41) is 0. The molecular weight excluding hydrogens is 340 g/mol. The van der Waals surface area contributed by atoms with Gasteiger partial charge in [0.15, 0.2) is 5.78 Å². The van der Waals surface area contributed by atoms with Crippen LogP contribution in [0.3, 0.4) is 0 Å². The van der Waals surface area contributed by atoms with Gasteiger partial charge in [0.05, 0.1) is 6.61 Å². The van der Waals surface area contributed by atoms with Gasteiger partial charge in [0.25, 0.3) is 0 Å². The minimum Gasteiger partial charge on any atom is -0.377 e. The first-order valence-electron chi connectivity index (χ1n) is 9.59. The first-order chi connectivity index (χ1) is 13.2. The van der Waals surface area contributed by atoms with Gasteiger partial charge in [-0.05, 0) is 37.0 Å². The lowest BCUT2D eigenvalue weighted by atomic mass is 9.91. The molecular formula is C22H26N2O3. The van der Waals surface area contributed by atoms with Crippen LogP contribution in [0.25, 0.3) is 0 Å². The van der Waals surface area contributed by atoms with E-state index in [9.17, 15) is 9.59 Å². The number of ether oxygens (including phenoxy) is 1. The molecule has 1 amide bonds. The fourth-order valence-corrected chi connectivity index (χ4v) is 3.38. The second kappa shape index (κ2) is 9.97. The minimum absolute atomic E-state index is 0.0410. The van der Waals surface area contributed by atoms with E-state index in [1.807, 2.05) is 41.3 Å². The summed E-state index contributed by atoms with van der Waals surface area (Å²) in [6, 6.07) is 15.4. The second-order valence-corrected chi connectivity index (χ2v) is 6.90. The Bertz CT molecular complexity index is 734. The maximum atomic E-state index is 12.6. The number of hydrogen-bond acceptors (Lipinski definition) is 4. The van der Waals surface area contributed by atoms with Crippen molar-refractivity contribution < 1.29 is 14.3 Å². The van der Waals surface area contributed by atoms with Crippen LogP contribution in [-0.2, 0) is 16.1 Å². The quantitative estimate of drug-likeness (QED) is 0.530. The molecule has 2 aromatic rings. The summed E-state index contributed by atoms with van der Waals surface area (Å²) in [7, 11) is 0. The van der Waals surface area contributed by atoms with Crippen LogP contribution in [-0.4, -0.2) is 41.3 Å². The Hall–Kier alpha value is -2.53. The predicted octanol–water partition coefficient (Wildman–Crippen LogP) is 3.50. The Morgan fingerprint density at radius 1 is 1.11 bits per heavy atom. The van der Waals surface area contributed by atoms with Gasteiger partial charge >= 0.3 is 0 Å². The molecule has 1 aromatic heterocycles.